The highest BCUT2D eigenvalue weighted by atomic mass is 35.5. The number of rotatable bonds is 1. The lowest BCUT2D eigenvalue weighted by molar-refractivity contribution is 0.870. The van der Waals surface area contributed by atoms with Crippen LogP contribution in [0.3, 0.4) is 0 Å². The first-order valence-electron chi connectivity index (χ1n) is 6.03. The number of nitrogens with zero attached hydrogens (tertiary/aromatic N) is 4. The Morgan fingerprint density at radius 1 is 1.35 bits per heavy atom. The molecule has 20 heavy (non-hydrogen) atoms. The minimum atomic E-state index is 0.535. The van der Waals surface area contributed by atoms with Crippen LogP contribution in [0.25, 0.3) is 5.00 Å². The van der Waals surface area contributed by atoms with Crippen LogP contribution in [0, 0.1) is 6.92 Å². The van der Waals surface area contributed by atoms with Gasteiger partial charge in [0.1, 0.15) is 17.4 Å². The van der Waals surface area contributed by atoms with E-state index in [1.807, 2.05) is 19.1 Å². The van der Waals surface area contributed by atoms with Crippen LogP contribution in [0.1, 0.15) is 22.1 Å². The molecule has 0 aromatic carbocycles. The first-order valence-corrected chi connectivity index (χ1v) is 8.11. The predicted octanol–water partition coefficient (Wildman–Crippen LogP) is 3.70. The van der Waals surface area contributed by atoms with Crippen LogP contribution in [0.2, 0.25) is 4.34 Å². The van der Waals surface area contributed by atoms with E-state index in [4.69, 9.17) is 16.6 Å². The van der Waals surface area contributed by atoms with E-state index in [1.54, 1.807) is 11.3 Å². The van der Waals surface area contributed by atoms with Crippen LogP contribution in [0.4, 0.5) is 0 Å². The summed E-state index contributed by atoms with van der Waals surface area (Å²) in [6.45, 7) is 2.48. The van der Waals surface area contributed by atoms with Gasteiger partial charge in [-0.3, -0.25) is 9.56 Å². The van der Waals surface area contributed by atoms with Crippen molar-refractivity contribution in [1.82, 2.24) is 14.8 Å². The third-order valence-corrected chi connectivity index (χ3v) is 5.29. The Morgan fingerprint density at radius 3 is 3.05 bits per heavy atom. The fourth-order valence-corrected chi connectivity index (χ4v) is 4.35. The molecule has 0 bridgehead atoms. The highest BCUT2D eigenvalue weighted by Gasteiger charge is 2.24. The molecule has 0 saturated heterocycles. The van der Waals surface area contributed by atoms with Gasteiger partial charge in [0.25, 0.3) is 0 Å². The quantitative estimate of drug-likeness (QED) is 0.686. The molecule has 0 amide bonds. The summed E-state index contributed by atoms with van der Waals surface area (Å²) in [4.78, 5) is 5.88. The minimum Gasteiger partial charge on any atom is -0.275 e. The molecule has 0 N–H and O–H groups in total. The molecule has 0 saturated carbocycles. The minimum absolute atomic E-state index is 0.535. The summed E-state index contributed by atoms with van der Waals surface area (Å²) in [5.41, 5.74) is 2.05. The van der Waals surface area contributed by atoms with Crippen molar-refractivity contribution in [3.8, 4) is 5.00 Å². The number of thiophene rings is 2. The van der Waals surface area contributed by atoms with E-state index in [2.05, 4.69) is 26.2 Å². The maximum atomic E-state index is 6.23. The third-order valence-electron chi connectivity index (χ3n) is 3.17. The number of halogens is 1. The second kappa shape index (κ2) is 4.51. The first kappa shape index (κ1) is 12.3. The van der Waals surface area contributed by atoms with Crippen molar-refractivity contribution in [2.75, 3.05) is 0 Å². The molecule has 0 atom stereocenters. The van der Waals surface area contributed by atoms with Gasteiger partial charge < -0.3 is 0 Å². The zero-order valence-electron chi connectivity index (χ0n) is 10.5. The molecule has 100 valence electrons. The number of fused-ring (bicyclic) bond motifs is 3. The Hall–Kier alpha value is -1.50. The van der Waals surface area contributed by atoms with Crippen molar-refractivity contribution in [3.05, 3.63) is 50.0 Å². The summed E-state index contributed by atoms with van der Waals surface area (Å²) in [5, 5.41) is 11.5. The molecule has 3 aromatic rings. The molecule has 0 fully saturated rings. The zero-order chi connectivity index (χ0) is 13.7. The van der Waals surface area contributed by atoms with Gasteiger partial charge in [-0.05, 0) is 24.4 Å². The molecule has 7 heteroatoms. The van der Waals surface area contributed by atoms with E-state index in [1.165, 1.54) is 11.3 Å². The molecule has 1 aliphatic heterocycles. The number of aryl methyl sites for hydroxylation is 1. The van der Waals surface area contributed by atoms with Crippen LogP contribution in [-0.2, 0) is 6.54 Å². The maximum absolute atomic E-state index is 6.23. The highest BCUT2D eigenvalue weighted by Crippen LogP contribution is 2.35. The largest absolute Gasteiger partial charge is 0.275 e. The Kier molecular flexibility index (Phi) is 2.76. The summed E-state index contributed by atoms with van der Waals surface area (Å²) >= 11 is 9.45. The van der Waals surface area contributed by atoms with E-state index in [9.17, 15) is 0 Å². The SMILES string of the molecule is Cc1nnc2n1-c1sc(Cl)cc1C(c1cccs1)=NC2. The monoisotopic (exact) mass is 320 g/mol. The summed E-state index contributed by atoms with van der Waals surface area (Å²) < 4.78 is 2.80. The van der Waals surface area contributed by atoms with Gasteiger partial charge in [-0.1, -0.05) is 17.7 Å². The fourth-order valence-electron chi connectivity index (χ4n) is 2.32. The van der Waals surface area contributed by atoms with Gasteiger partial charge in [0.05, 0.1) is 14.9 Å². The smallest absolute Gasteiger partial charge is 0.160 e. The van der Waals surface area contributed by atoms with E-state index < -0.39 is 0 Å². The maximum Gasteiger partial charge on any atom is 0.160 e. The molecule has 3 aromatic heterocycles. The van der Waals surface area contributed by atoms with Gasteiger partial charge in [-0.25, -0.2) is 0 Å². The molecule has 0 aliphatic carbocycles. The summed E-state index contributed by atoms with van der Waals surface area (Å²) in [6.07, 6.45) is 0. The van der Waals surface area contributed by atoms with E-state index >= 15 is 0 Å². The molecule has 4 nitrogen and oxygen atoms in total. The summed E-state index contributed by atoms with van der Waals surface area (Å²) in [6, 6.07) is 6.10. The topological polar surface area (TPSA) is 43.1 Å². The van der Waals surface area contributed by atoms with Crippen LogP contribution >= 0.6 is 34.3 Å². The van der Waals surface area contributed by atoms with Gasteiger partial charge in [0.15, 0.2) is 5.82 Å². The lowest BCUT2D eigenvalue weighted by atomic mass is 10.1. The molecule has 4 heterocycles. The number of hydrogen-bond acceptors (Lipinski definition) is 5. The molecule has 4 rings (SSSR count). The standard InChI is InChI=1S/C13H9ClN4S2/c1-7-16-17-11-6-15-12(9-3-2-4-19-9)8-5-10(14)20-13(8)18(7)11/h2-5H,6H2,1H3. The second-order valence-electron chi connectivity index (χ2n) is 4.41. The van der Waals surface area contributed by atoms with Crippen molar-refractivity contribution in [2.45, 2.75) is 13.5 Å². The molecule has 0 spiro atoms. The van der Waals surface area contributed by atoms with Gasteiger partial charge in [0.2, 0.25) is 0 Å². The molecular weight excluding hydrogens is 312 g/mol. The lowest BCUT2D eigenvalue weighted by Crippen LogP contribution is -2.03. The van der Waals surface area contributed by atoms with Gasteiger partial charge in [0, 0.05) is 5.56 Å². The van der Waals surface area contributed by atoms with Crippen molar-refractivity contribution >= 4 is 40.0 Å². The van der Waals surface area contributed by atoms with Crippen LogP contribution in [0.15, 0.2) is 28.6 Å². The van der Waals surface area contributed by atoms with Crippen LogP contribution < -0.4 is 0 Å². The Bertz CT molecular complexity index is 814. The Morgan fingerprint density at radius 2 is 2.25 bits per heavy atom. The fraction of sp³-hybridized carbons (Fsp3) is 0.154. The molecular formula is C13H9ClN4S2. The van der Waals surface area contributed by atoms with Gasteiger partial charge >= 0.3 is 0 Å². The number of hydrogen-bond donors (Lipinski definition) is 0. The zero-order valence-corrected chi connectivity index (χ0v) is 12.9. The lowest BCUT2D eigenvalue weighted by Gasteiger charge is -2.05. The first-order chi connectivity index (χ1) is 9.74. The van der Waals surface area contributed by atoms with Gasteiger partial charge in [-0.15, -0.1) is 32.9 Å². The summed E-state index contributed by atoms with van der Waals surface area (Å²) in [5.74, 6) is 1.72. The van der Waals surface area contributed by atoms with Crippen molar-refractivity contribution < 1.29 is 0 Å². The van der Waals surface area contributed by atoms with Gasteiger partial charge in [-0.2, -0.15) is 0 Å². The van der Waals surface area contributed by atoms with Crippen molar-refractivity contribution in [1.29, 1.82) is 0 Å². The predicted molar refractivity (Wildman–Crippen MR) is 82.6 cm³/mol. The van der Waals surface area contributed by atoms with Crippen LogP contribution in [0.5, 0.6) is 0 Å². The number of aromatic nitrogens is 3. The van der Waals surface area contributed by atoms with Crippen molar-refractivity contribution in [2.24, 2.45) is 4.99 Å². The molecule has 0 radical (unpaired) electrons. The molecule has 0 unspecified atom stereocenters. The Labute approximate surface area is 128 Å². The molecule has 1 aliphatic rings. The second-order valence-corrected chi connectivity index (χ2v) is 7.02. The summed E-state index contributed by atoms with van der Waals surface area (Å²) in [7, 11) is 0. The third kappa shape index (κ3) is 1.76. The Balaban J connectivity index is 2.01. The van der Waals surface area contributed by atoms with E-state index in [0.29, 0.717) is 6.54 Å². The number of aliphatic imine (C=N–C) groups is 1. The van der Waals surface area contributed by atoms with E-state index in [-0.39, 0.29) is 0 Å². The average molecular weight is 321 g/mol. The normalized spacial score (nSPS) is 13.6. The highest BCUT2D eigenvalue weighted by molar-refractivity contribution is 7.19. The van der Waals surface area contributed by atoms with E-state index in [0.717, 1.165) is 37.1 Å². The van der Waals surface area contributed by atoms with Crippen LogP contribution in [-0.4, -0.2) is 20.5 Å². The van der Waals surface area contributed by atoms with Crippen molar-refractivity contribution in [3.63, 3.8) is 0 Å². The average Bonchev–Trinajstić information content (AvgIpc) is 3.11.